The molecular weight excluding hydrogens is 312 g/mol. The van der Waals surface area contributed by atoms with Crippen molar-refractivity contribution in [3.8, 4) is 5.69 Å². The highest BCUT2D eigenvalue weighted by Crippen LogP contribution is 2.15. The summed E-state index contributed by atoms with van der Waals surface area (Å²) in [5, 5.41) is 14.3. The van der Waals surface area contributed by atoms with Crippen LogP contribution in [0.2, 0.25) is 0 Å². The van der Waals surface area contributed by atoms with E-state index in [1.54, 1.807) is 10.8 Å². The van der Waals surface area contributed by atoms with Gasteiger partial charge in [0, 0.05) is 18.3 Å². The number of benzene rings is 2. The Labute approximate surface area is 137 Å². The van der Waals surface area contributed by atoms with Gasteiger partial charge in [0.05, 0.1) is 11.4 Å². The lowest BCUT2D eigenvalue weighted by Gasteiger charge is -2.04. The third kappa shape index (κ3) is 3.45. The van der Waals surface area contributed by atoms with Crippen molar-refractivity contribution < 1.29 is 8.78 Å². The number of nitrogens with zero attached hydrogens (tertiary/aromatic N) is 4. The van der Waals surface area contributed by atoms with Gasteiger partial charge in [-0.3, -0.25) is 0 Å². The van der Waals surface area contributed by atoms with Crippen molar-refractivity contribution in [2.45, 2.75) is 13.3 Å². The van der Waals surface area contributed by atoms with Crippen LogP contribution in [0.5, 0.6) is 0 Å². The summed E-state index contributed by atoms with van der Waals surface area (Å²) in [6, 6.07) is 11.2. The zero-order chi connectivity index (χ0) is 16.9. The van der Waals surface area contributed by atoms with Gasteiger partial charge < -0.3 is 5.32 Å². The lowest BCUT2D eigenvalue weighted by Crippen LogP contribution is -2.00. The van der Waals surface area contributed by atoms with Gasteiger partial charge in [-0.05, 0) is 46.7 Å². The molecule has 3 aromatic rings. The molecule has 2 aromatic carbocycles. The minimum atomic E-state index is -0.672. The zero-order valence-corrected chi connectivity index (χ0v) is 12.9. The number of aromatic nitrogens is 4. The number of halogens is 2. The molecule has 0 aliphatic rings. The molecule has 1 aromatic heterocycles. The highest BCUT2D eigenvalue weighted by atomic mass is 19.1. The van der Waals surface area contributed by atoms with Crippen LogP contribution >= 0.6 is 0 Å². The van der Waals surface area contributed by atoms with Crippen molar-refractivity contribution in [2.24, 2.45) is 0 Å². The molecule has 0 bridgehead atoms. The summed E-state index contributed by atoms with van der Waals surface area (Å²) in [7, 11) is 0. The Kier molecular flexibility index (Phi) is 4.60. The molecule has 0 saturated carbocycles. The van der Waals surface area contributed by atoms with E-state index in [9.17, 15) is 8.78 Å². The number of tetrazole rings is 1. The van der Waals surface area contributed by atoms with Gasteiger partial charge in [-0.2, -0.15) is 4.68 Å². The topological polar surface area (TPSA) is 55.6 Å². The first-order valence-electron chi connectivity index (χ1n) is 7.43. The maximum Gasteiger partial charge on any atom is 0.181 e. The molecule has 0 saturated heterocycles. The molecule has 0 fully saturated rings. The maximum absolute atomic E-state index is 13.5. The molecule has 0 aliphatic heterocycles. The number of nitrogens with one attached hydrogen (secondary N) is 1. The largest absolute Gasteiger partial charge is 0.359 e. The normalized spacial score (nSPS) is 11.1. The van der Waals surface area contributed by atoms with Crippen LogP contribution in [0.15, 0.2) is 48.7 Å². The van der Waals surface area contributed by atoms with Crippen LogP contribution < -0.4 is 5.32 Å². The van der Waals surface area contributed by atoms with Gasteiger partial charge in [0.1, 0.15) is 11.6 Å². The second-order valence-corrected chi connectivity index (χ2v) is 5.07. The quantitative estimate of drug-likeness (QED) is 0.778. The molecular formula is C17H15F2N5. The molecule has 122 valence electrons. The van der Waals surface area contributed by atoms with Crippen LogP contribution in [0.4, 0.5) is 14.5 Å². The van der Waals surface area contributed by atoms with E-state index in [0.717, 1.165) is 18.2 Å². The summed E-state index contributed by atoms with van der Waals surface area (Å²) >= 11 is 0. The third-order valence-corrected chi connectivity index (χ3v) is 3.49. The molecule has 0 aliphatic carbocycles. The number of hydrogen-bond acceptors (Lipinski definition) is 4. The van der Waals surface area contributed by atoms with Crippen LogP contribution in [-0.2, 0) is 6.42 Å². The van der Waals surface area contributed by atoms with Crippen molar-refractivity contribution in [3.63, 3.8) is 0 Å². The van der Waals surface area contributed by atoms with Gasteiger partial charge in [-0.1, -0.05) is 19.1 Å². The summed E-state index contributed by atoms with van der Waals surface area (Å²) in [6.07, 6.45) is 4.06. The average Bonchev–Trinajstić information content (AvgIpc) is 3.05. The van der Waals surface area contributed by atoms with Gasteiger partial charge in [-0.15, -0.1) is 5.10 Å². The predicted octanol–water partition coefficient (Wildman–Crippen LogP) is 3.59. The molecule has 5 nitrogen and oxygen atoms in total. The number of aryl methyl sites for hydroxylation is 1. The summed E-state index contributed by atoms with van der Waals surface area (Å²) in [6.45, 7) is 2.08. The van der Waals surface area contributed by atoms with E-state index in [2.05, 4.69) is 27.8 Å². The second kappa shape index (κ2) is 6.99. The van der Waals surface area contributed by atoms with E-state index in [1.807, 2.05) is 24.3 Å². The van der Waals surface area contributed by atoms with Crippen molar-refractivity contribution in [1.82, 2.24) is 20.2 Å². The van der Waals surface area contributed by atoms with Crippen molar-refractivity contribution in [2.75, 3.05) is 5.32 Å². The molecule has 0 spiro atoms. The first kappa shape index (κ1) is 15.8. The highest BCUT2D eigenvalue weighted by molar-refractivity contribution is 5.53. The fraction of sp³-hybridized carbons (Fsp3) is 0.118. The standard InChI is InChI=1S/C17H15F2N5/c1-2-12-3-6-14(7-4-12)24-17(21-22-23-24)9-10-20-16-8-5-13(18)11-15(16)19/h3-11,20H,2H2,1H3/b10-9-. The number of anilines is 1. The SMILES string of the molecule is CCc1ccc(-n2nnnc2/C=C\Nc2ccc(F)cc2F)cc1. The zero-order valence-electron chi connectivity index (χ0n) is 12.9. The highest BCUT2D eigenvalue weighted by Gasteiger charge is 2.06. The van der Waals surface area contributed by atoms with Crippen molar-refractivity contribution in [1.29, 1.82) is 0 Å². The van der Waals surface area contributed by atoms with Gasteiger partial charge in [0.2, 0.25) is 0 Å². The van der Waals surface area contributed by atoms with Crippen LogP contribution in [0.3, 0.4) is 0 Å². The monoisotopic (exact) mass is 327 g/mol. The maximum atomic E-state index is 13.5. The van der Waals surface area contributed by atoms with Crippen molar-refractivity contribution in [3.05, 3.63) is 71.7 Å². The van der Waals surface area contributed by atoms with Gasteiger partial charge in [0.15, 0.2) is 5.82 Å². The van der Waals surface area contributed by atoms with E-state index in [0.29, 0.717) is 5.82 Å². The minimum absolute atomic E-state index is 0.166. The van der Waals surface area contributed by atoms with E-state index < -0.39 is 11.6 Å². The van der Waals surface area contributed by atoms with E-state index in [-0.39, 0.29) is 5.69 Å². The Hall–Kier alpha value is -3.09. The van der Waals surface area contributed by atoms with Crippen LogP contribution in [-0.4, -0.2) is 20.2 Å². The van der Waals surface area contributed by atoms with E-state index in [1.165, 1.54) is 23.9 Å². The van der Waals surface area contributed by atoms with E-state index >= 15 is 0 Å². The van der Waals surface area contributed by atoms with Gasteiger partial charge >= 0.3 is 0 Å². The first-order valence-corrected chi connectivity index (χ1v) is 7.43. The van der Waals surface area contributed by atoms with Crippen LogP contribution in [0.25, 0.3) is 11.8 Å². The predicted molar refractivity (Wildman–Crippen MR) is 87.5 cm³/mol. The molecule has 7 heteroatoms. The Morgan fingerprint density at radius 1 is 1.12 bits per heavy atom. The lowest BCUT2D eigenvalue weighted by atomic mass is 10.1. The Balaban J connectivity index is 1.77. The van der Waals surface area contributed by atoms with E-state index in [4.69, 9.17) is 0 Å². The van der Waals surface area contributed by atoms with Gasteiger partial charge in [-0.25, -0.2) is 8.78 Å². The molecule has 0 unspecified atom stereocenters. The summed E-state index contributed by atoms with van der Waals surface area (Å²) < 4.78 is 28.0. The average molecular weight is 327 g/mol. The Bertz CT molecular complexity index is 856. The molecule has 24 heavy (non-hydrogen) atoms. The number of rotatable bonds is 5. The molecule has 1 N–H and O–H groups in total. The second-order valence-electron chi connectivity index (χ2n) is 5.07. The number of hydrogen-bond donors (Lipinski definition) is 1. The molecule has 3 rings (SSSR count). The fourth-order valence-corrected chi connectivity index (χ4v) is 2.17. The summed E-state index contributed by atoms with van der Waals surface area (Å²) in [5.41, 5.74) is 2.21. The summed E-state index contributed by atoms with van der Waals surface area (Å²) in [4.78, 5) is 0. The Morgan fingerprint density at radius 3 is 2.62 bits per heavy atom. The summed E-state index contributed by atoms with van der Waals surface area (Å²) in [5.74, 6) is -0.815. The fourth-order valence-electron chi connectivity index (χ4n) is 2.17. The minimum Gasteiger partial charge on any atom is -0.359 e. The molecule has 0 atom stereocenters. The van der Waals surface area contributed by atoms with Crippen molar-refractivity contribution >= 4 is 11.8 Å². The smallest absolute Gasteiger partial charge is 0.181 e. The Morgan fingerprint density at radius 2 is 1.92 bits per heavy atom. The third-order valence-electron chi connectivity index (χ3n) is 3.49. The first-order chi connectivity index (χ1) is 11.7. The van der Waals surface area contributed by atoms with Crippen LogP contribution in [0, 0.1) is 11.6 Å². The van der Waals surface area contributed by atoms with Crippen LogP contribution in [0.1, 0.15) is 18.3 Å². The molecule has 0 amide bonds. The molecule has 0 radical (unpaired) electrons. The molecule has 1 heterocycles. The lowest BCUT2D eigenvalue weighted by molar-refractivity contribution is 0.586. The van der Waals surface area contributed by atoms with Gasteiger partial charge in [0.25, 0.3) is 0 Å².